The van der Waals surface area contributed by atoms with E-state index in [0.717, 1.165) is 36.6 Å². The smallest absolute Gasteiger partial charge is 0.323 e. The largest absolute Gasteiger partial charge is 0.378 e. The van der Waals surface area contributed by atoms with Crippen LogP contribution >= 0.6 is 0 Å². The van der Waals surface area contributed by atoms with Crippen LogP contribution < -0.4 is 15.5 Å². The standard InChI is InChI=1S/C19H25N5O2/c1-4-15-5-7-16(8-6-15)22-19(25)23-17-13(2)20-18(21-14(17)3)24-9-11-26-12-10-24/h5-8H,4,9-12H2,1-3H3,(H2,22,23,25). The summed E-state index contributed by atoms with van der Waals surface area (Å²) in [5.41, 5.74) is 4.12. The molecule has 1 saturated heterocycles. The van der Waals surface area contributed by atoms with Crippen molar-refractivity contribution >= 4 is 23.4 Å². The van der Waals surface area contributed by atoms with E-state index in [2.05, 4.69) is 32.4 Å². The minimum absolute atomic E-state index is 0.303. The van der Waals surface area contributed by atoms with E-state index in [0.29, 0.717) is 24.8 Å². The highest BCUT2D eigenvalue weighted by Gasteiger charge is 2.17. The van der Waals surface area contributed by atoms with E-state index in [1.54, 1.807) is 0 Å². The number of carbonyl (C=O) groups excluding carboxylic acids is 1. The predicted octanol–water partition coefficient (Wildman–Crippen LogP) is 3.14. The van der Waals surface area contributed by atoms with Crippen molar-refractivity contribution in [1.82, 2.24) is 9.97 Å². The molecule has 1 fully saturated rings. The maximum Gasteiger partial charge on any atom is 0.323 e. The Bertz CT molecular complexity index is 747. The number of rotatable bonds is 4. The van der Waals surface area contributed by atoms with E-state index in [-0.39, 0.29) is 6.03 Å². The molecule has 1 aliphatic rings. The molecule has 0 saturated carbocycles. The average Bonchev–Trinajstić information content (AvgIpc) is 2.66. The van der Waals surface area contributed by atoms with Gasteiger partial charge in [-0.3, -0.25) is 0 Å². The Hall–Kier alpha value is -2.67. The van der Waals surface area contributed by atoms with Crippen LogP contribution in [0, 0.1) is 13.8 Å². The number of urea groups is 1. The quantitative estimate of drug-likeness (QED) is 0.881. The van der Waals surface area contributed by atoms with Crippen molar-refractivity contribution in [3.05, 3.63) is 41.2 Å². The fraction of sp³-hybridized carbons (Fsp3) is 0.421. The number of carbonyl (C=O) groups is 1. The molecule has 3 rings (SSSR count). The van der Waals surface area contributed by atoms with E-state index in [9.17, 15) is 4.79 Å². The van der Waals surface area contributed by atoms with Crippen molar-refractivity contribution in [1.29, 1.82) is 0 Å². The van der Waals surface area contributed by atoms with Gasteiger partial charge in [0.1, 0.15) is 0 Å². The fourth-order valence-electron chi connectivity index (χ4n) is 2.88. The highest BCUT2D eigenvalue weighted by molar-refractivity contribution is 6.00. The van der Waals surface area contributed by atoms with Crippen LogP contribution in [-0.4, -0.2) is 42.3 Å². The van der Waals surface area contributed by atoms with Crippen molar-refractivity contribution in [3.63, 3.8) is 0 Å². The van der Waals surface area contributed by atoms with Gasteiger partial charge in [0.05, 0.1) is 30.3 Å². The molecule has 0 aliphatic carbocycles. The van der Waals surface area contributed by atoms with Crippen LogP contribution in [0.5, 0.6) is 0 Å². The number of hydrogen-bond acceptors (Lipinski definition) is 5. The number of amides is 2. The second-order valence-electron chi connectivity index (χ2n) is 6.30. The van der Waals surface area contributed by atoms with Crippen LogP contribution in [0.3, 0.4) is 0 Å². The molecule has 2 N–H and O–H groups in total. The van der Waals surface area contributed by atoms with Gasteiger partial charge in [-0.1, -0.05) is 19.1 Å². The molecule has 2 aromatic rings. The molecule has 7 nitrogen and oxygen atoms in total. The molecule has 26 heavy (non-hydrogen) atoms. The van der Waals surface area contributed by atoms with Crippen molar-refractivity contribution in [2.45, 2.75) is 27.2 Å². The first kappa shape index (κ1) is 18.1. The minimum atomic E-state index is -0.303. The number of nitrogens with zero attached hydrogens (tertiary/aromatic N) is 3. The molecule has 1 aromatic heterocycles. The van der Waals surface area contributed by atoms with Gasteiger partial charge in [0.15, 0.2) is 0 Å². The number of nitrogens with one attached hydrogen (secondary N) is 2. The molecule has 0 unspecified atom stereocenters. The summed E-state index contributed by atoms with van der Waals surface area (Å²) in [4.78, 5) is 23.5. The molecule has 2 heterocycles. The molecular weight excluding hydrogens is 330 g/mol. The van der Waals surface area contributed by atoms with Crippen molar-refractivity contribution in [3.8, 4) is 0 Å². The first-order valence-corrected chi connectivity index (χ1v) is 8.91. The second-order valence-corrected chi connectivity index (χ2v) is 6.30. The average molecular weight is 355 g/mol. The topological polar surface area (TPSA) is 79.4 Å². The van der Waals surface area contributed by atoms with Crippen LogP contribution in [0.1, 0.15) is 23.9 Å². The number of morpholine rings is 1. The molecule has 7 heteroatoms. The van der Waals surface area contributed by atoms with Gasteiger partial charge in [-0.05, 0) is 38.0 Å². The third-order valence-electron chi connectivity index (χ3n) is 4.41. The highest BCUT2D eigenvalue weighted by atomic mass is 16.5. The molecule has 0 radical (unpaired) electrons. The Morgan fingerprint density at radius 1 is 1.08 bits per heavy atom. The number of hydrogen-bond donors (Lipinski definition) is 2. The second kappa shape index (κ2) is 8.14. The van der Waals surface area contributed by atoms with Gasteiger partial charge < -0.3 is 20.3 Å². The summed E-state index contributed by atoms with van der Waals surface area (Å²) in [5, 5.41) is 5.71. The molecule has 0 spiro atoms. The van der Waals surface area contributed by atoms with Gasteiger partial charge in [-0.25, -0.2) is 14.8 Å². The van der Waals surface area contributed by atoms with E-state index < -0.39 is 0 Å². The summed E-state index contributed by atoms with van der Waals surface area (Å²) in [7, 11) is 0. The Labute approximate surface area is 153 Å². The summed E-state index contributed by atoms with van der Waals surface area (Å²) in [6.45, 7) is 8.77. The Balaban J connectivity index is 1.69. The van der Waals surface area contributed by atoms with Gasteiger partial charge in [-0.2, -0.15) is 0 Å². The summed E-state index contributed by atoms with van der Waals surface area (Å²) >= 11 is 0. The summed E-state index contributed by atoms with van der Waals surface area (Å²) in [6, 6.07) is 7.51. The third kappa shape index (κ3) is 4.29. The van der Waals surface area contributed by atoms with Gasteiger partial charge in [0.2, 0.25) is 5.95 Å². The molecule has 0 bridgehead atoms. The van der Waals surface area contributed by atoms with Crippen LogP contribution in [0.25, 0.3) is 0 Å². The zero-order chi connectivity index (χ0) is 18.5. The molecule has 1 aliphatic heterocycles. The molecular formula is C19H25N5O2. The van der Waals surface area contributed by atoms with Crippen LogP contribution in [0.2, 0.25) is 0 Å². The third-order valence-corrected chi connectivity index (χ3v) is 4.41. The molecule has 0 atom stereocenters. The van der Waals surface area contributed by atoms with Crippen molar-refractivity contribution in [2.75, 3.05) is 41.8 Å². The van der Waals surface area contributed by atoms with Gasteiger partial charge in [0.25, 0.3) is 0 Å². The minimum Gasteiger partial charge on any atom is -0.378 e. The lowest BCUT2D eigenvalue weighted by Crippen LogP contribution is -2.37. The fourth-order valence-corrected chi connectivity index (χ4v) is 2.88. The first-order chi connectivity index (χ1) is 12.6. The molecule has 2 amide bonds. The van der Waals surface area contributed by atoms with Crippen molar-refractivity contribution < 1.29 is 9.53 Å². The maximum atomic E-state index is 12.3. The van der Waals surface area contributed by atoms with E-state index in [4.69, 9.17) is 4.74 Å². The zero-order valence-corrected chi connectivity index (χ0v) is 15.5. The SMILES string of the molecule is CCc1ccc(NC(=O)Nc2c(C)nc(N3CCOCC3)nc2C)cc1. The van der Waals surface area contributed by atoms with E-state index in [1.165, 1.54) is 5.56 Å². The van der Waals surface area contributed by atoms with Gasteiger partial charge >= 0.3 is 6.03 Å². The zero-order valence-electron chi connectivity index (χ0n) is 15.5. The predicted molar refractivity (Wildman–Crippen MR) is 103 cm³/mol. The highest BCUT2D eigenvalue weighted by Crippen LogP contribution is 2.21. The molecule has 138 valence electrons. The Morgan fingerprint density at radius 2 is 1.69 bits per heavy atom. The number of aryl methyl sites for hydroxylation is 3. The summed E-state index contributed by atoms with van der Waals surface area (Å²) in [5.74, 6) is 0.685. The lowest BCUT2D eigenvalue weighted by molar-refractivity contribution is 0.122. The number of aromatic nitrogens is 2. The summed E-state index contributed by atoms with van der Waals surface area (Å²) < 4.78 is 5.37. The first-order valence-electron chi connectivity index (χ1n) is 8.91. The van der Waals surface area contributed by atoms with Gasteiger partial charge in [0, 0.05) is 18.8 Å². The Kier molecular flexibility index (Phi) is 5.68. The monoisotopic (exact) mass is 355 g/mol. The lowest BCUT2D eigenvalue weighted by Gasteiger charge is -2.27. The van der Waals surface area contributed by atoms with Crippen molar-refractivity contribution in [2.24, 2.45) is 0 Å². The van der Waals surface area contributed by atoms with E-state index in [1.807, 2.05) is 38.1 Å². The summed E-state index contributed by atoms with van der Waals surface area (Å²) in [6.07, 6.45) is 0.970. The Morgan fingerprint density at radius 3 is 2.27 bits per heavy atom. The van der Waals surface area contributed by atoms with Crippen LogP contribution in [-0.2, 0) is 11.2 Å². The van der Waals surface area contributed by atoms with Crippen LogP contribution in [0.15, 0.2) is 24.3 Å². The number of ether oxygens (including phenoxy) is 1. The number of anilines is 3. The lowest BCUT2D eigenvalue weighted by atomic mass is 10.1. The van der Waals surface area contributed by atoms with Crippen LogP contribution in [0.4, 0.5) is 22.1 Å². The normalized spacial score (nSPS) is 14.2. The van der Waals surface area contributed by atoms with Gasteiger partial charge in [-0.15, -0.1) is 0 Å². The molecule has 1 aromatic carbocycles. The maximum absolute atomic E-state index is 12.3. The number of benzene rings is 1. The van der Waals surface area contributed by atoms with E-state index >= 15 is 0 Å².